The van der Waals surface area contributed by atoms with E-state index in [0.29, 0.717) is 22.6 Å². The molecule has 1 aliphatic rings. The van der Waals surface area contributed by atoms with Crippen LogP contribution in [0.3, 0.4) is 0 Å². The molecule has 0 saturated carbocycles. The Balaban J connectivity index is 1.72. The molecule has 0 aliphatic carbocycles. The molecular formula is C22H18ClNO4. The number of nitrogens with zero attached hydrogens (tertiary/aromatic N) is 1. The number of aryl methyl sites for hydroxylation is 1. The summed E-state index contributed by atoms with van der Waals surface area (Å²) in [5.74, 6) is 0.221. The number of allylic oxidation sites excluding steroid dienone is 1. The zero-order valence-corrected chi connectivity index (χ0v) is 16.4. The van der Waals surface area contributed by atoms with Crippen LogP contribution in [0.5, 0.6) is 11.5 Å². The van der Waals surface area contributed by atoms with Crippen molar-refractivity contribution in [2.45, 2.75) is 19.2 Å². The zero-order chi connectivity index (χ0) is 20.0. The largest absolute Gasteiger partial charge is 0.452 e. The van der Waals surface area contributed by atoms with Crippen LogP contribution in [-0.2, 0) is 11.8 Å². The van der Waals surface area contributed by atoms with Gasteiger partial charge in [0.2, 0.25) is 5.78 Å². The molecule has 2 aromatic carbocycles. The molecule has 0 saturated heterocycles. The van der Waals surface area contributed by atoms with Crippen molar-refractivity contribution in [1.82, 2.24) is 4.57 Å². The summed E-state index contributed by atoms with van der Waals surface area (Å²) >= 11 is 5.76. The number of ketones is 1. The number of hydrogen-bond acceptors (Lipinski definition) is 4. The fourth-order valence-electron chi connectivity index (χ4n) is 3.30. The number of esters is 1. The average molecular weight is 396 g/mol. The number of Topliss-reactive ketones (excluding diaryl/α,β-unsaturated/α-hetero) is 1. The summed E-state index contributed by atoms with van der Waals surface area (Å²) in [7, 11) is 1.96. The summed E-state index contributed by atoms with van der Waals surface area (Å²) in [5, 5.41) is 0.268. The van der Waals surface area contributed by atoms with Crippen LogP contribution >= 0.6 is 11.6 Å². The summed E-state index contributed by atoms with van der Waals surface area (Å²) in [6, 6.07) is 11.2. The molecule has 1 unspecified atom stereocenters. The number of alkyl halides is 1. The van der Waals surface area contributed by atoms with E-state index < -0.39 is 11.3 Å². The van der Waals surface area contributed by atoms with Gasteiger partial charge in [-0.1, -0.05) is 18.2 Å². The van der Waals surface area contributed by atoms with Crippen molar-refractivity contribution in [2.75, 3.05) is 0 Å². The van der Waals surface area contributed by atoms with Gasteiger partial charge >= 0.3 is 5.97 Å². The first-order chi connectivity index (χ1) is 13.4. The molecule has 6 heteroatoms. The second-order valence-electron chi connectivity index (χ2n) is 6.75. The van der Waals surface area contributed by atoms with E-state index in [-0.39, 0.29) is 11.5 Å². The Hall–Kier alpha value is -3.05. The Morgan fingerprint density at radius 3 is 2.75 bits per heavy atom. The molecule has 1 aromatic heterocycles. The fraction of sp³-hybridized carbons (Fsp3) is 0.182. The number of aromatic nitrogens is 1. The second kappa shape index (κ2) is 6.84. The number of para-hydroxylation sites is 1. The number of halogens is 1. The van der Waals surface area contributed by atoms with Crippen LogP contribution in [0.15, 0.2) is 48.4 Å². The minimum atomic E-state index is -0.767. The van der Waals surface area contributed by atoms with Gasteiger partial charge in [-0.05, 0) is 38.1 Å². The maximum absolute atomic E-state index is 12.8. The predicted octanol–water partition coefficient (Wildman–Crippen LogP) is 4.64. The summed E-state index contributed by atoms with van der Waals surface area (Å²) < 4.78 is 13.2. The van der Waals surface area contributed by atoms with Crippen molar-refractivity contribution < 1.29 is 19.1 Å². The third-order valence-corrected chi connectivity index (χ3v) is 4.96. The fourth-order valence-corrected chi connectivity index (χ4v) is 3.34. The van der Waals surface area contributed by atoms with E-state index in [0.717, 1.165) is 16.5 Å². The highest BCUT2D eigenvalue weighted by Gasteiger charge is 2.31. The van der Waals surface area contributed by atoms with Crippen LogP contribution in [0, 0.1) is 6.92 Å². The van der Waals surface area contributed by atoms with Gasteiger partial charge in [0.15, 0.2) is 5.76 Å². The lowest BCUT2D eigenvalue weighted by Gasteiger charge is -2.10. The topological polar surface area (TPSA) is 57.5 Å². The average Bonchev–Trinajstić information content (AvgIpc) is 3.16. The Morgan fingerprint density at radius 1 is 1.25 bits per heavy atom. The van der Waals surface area contributed by atoms with Crippen LogP contribution in [0.1, 0.15) is 28.4 Å². The van der Waals surface area contributed by atoms with Gasteiger partial charge < -0.3 is 14.0 Å². The molecule has 142 valence electrons. The number of fused-ring (bicyclic) bond motifs is 2. The summed E-state index contributed by atoms with van der Waals surface area (Å²) in [6.07, 6.45) is 3.70. The lowest BCUT2D eigenvalue weighted by atomic mass is 10.1. The molecule has 2 heterocycles. The first-order valence-corrected chi connectivity index (χ1v) is 9.28. The maximum atomic E-state index is 12.8. The van der Waals surface area contributed by atoms with Gasteiger partial charge in [0.25, 0.3) is 0 Å². The third-order valence-electron chi connectivity index (χ3n) is 4.79. The van der Waals surface area contributed by atoms with Crippen molar-refractivity contribution in [1.29, 1.82) is 0 Å². The van der Waals surface area contributed by atoms with Crippen molar-refractivity contribution in [3.05, 3.63) is 65.0 Å². The molecular weight excluding hydrogens is 378 g/mol. The molecule has 0 spiro atoms. The van der Waals surface area contributed by atoms with E-state index in [1.54, 1.807) is 25.1 Å². The summed E-state index contributed by atoms with van der Waals surface area (Å²) in [5.41, 5.74) is 2.99. The second-order valence-corrected chi connectivity index (χ2v) is 7.41. The smallest absolute Gasteiger partial charge is 0.329 e. The predicted molar refractivity (Wildman–Crippen MR) is 108 cm³/mol. The molecule has 0 bridgehead atoms. The molecule has 0 N–H and O–H groups in total. The highest BCUT2D eigenvalue weighted by Crippen LogP contribution is 2.39. The van der Waals surface area contributed by atoms with E-state index in [1.165, 1.54) is 6.92 Å². The van der Waals surface area contributed by atoms with Crippen molar-refractivity contribution in [2.24, 2.45) is 7.05 Å². The Kier molecular flexibility index (Phi) is 4.47. The number of rotatable bonds is 3. The quantitative estimate of drug-likeness (QED) is 0.280. The highest BCUT2D eigenvalue weighted by atomic mass is 35.5. The maximum Gasteiger partial charge on any atom is 0.329 e. The first-order valence-electron chi connectivity index (χ1n) is 8.84. The first kappa shape index (κ1) is 18.3. The molecule has 0 amide bonds. The van der Waals surface area contributed by atoms with E-state index in [2.05, 4.69) is 0 Å². The highest BCUT2D eigenvalue weighted by molar-refractivity contribution is 6.29. The Morgan fingerprint density at radius 2 is 2.00 bits per heavy atom. The lowest BCUT2D eigenvalue weighted by Crippen LogP contribution is -2.18. The molecule has 4 rings (SSSR count). The number of ether oxygens (including phenoxy) is 2. The van der Waals surface area contributed by atoms with E-state index in [9.17, 15) is 9.59 Å². The minimum Gasteiger partial charge on any atom is -0.452 e. The Bertz CT molecular complexity index is 1160. The zero-order valence-electron chi connectivity index (χ0n) is 15.7. The summed E-state index contributed by atoms with van der Waals surface area (Å²) in [4.78, 5) is 24.6. The van der Waals surface area contributed by atoms with Crippen molar-refractivity contribution in [3.63, 3.8) is 0 Å². The molecule has 3 aromatic rings. The molecule has 0 fully saturated rings. The van der Waals surface area contributed by atoms with Gasteiger partial charge in [0.1, 0.15) is 16.9 Å². The van der Waals surface area contributed by atoms with Gasteiger partial charge in [0.05, 0.1) is 5.56 Å². The normalized spacial score (nSPS) is 15.6. The van der Waals surface area contributed by atoms with E-state index in [1.807, 2.05) is 42.1 Å². The Labute approximate surface area is 167 Å². The van der Waals surface area contributed by atoms with Crippen molar-refractivity contribution >= 4 is 40.3 Å². The standard InChI is InChI=1S/C22H18ClNO4/c1-12-18(28-22(26)13(2)23)9-8-16-20(25)19(27-21(12)16)10-14-11-24(3)17-7-5-4-6-15(14)17/h4-11,13H,1-3H3/b19-10-. The number of carbonyl (C=O) groups is 2. The molecule has 5 nitrogen and oxygen atoms in total. The van der Waals surface area contributed by atoms with Gasteiger partial charge in [-0.25, -0.2) is 0 Å². The van der Waals surface area contributed by atoms with Gasteiger partial charge in [0, 0.05) is 35.3 Å². The van der Waals surface area contributed by atoms with Crippen LogP contribution in [0.4, 0.5) is 0 Å². The number of benzene rings is 2. The van der Waals surface area contributed by atoms with E-state index >= 15 is 0 Å². The van der Waals surface area contributed by atoms with Gasteiger partial charge in [-0.2, -0.15) is 0 Å². The SMILES string of the molecule is Cc1c(OC(=O)C(C)Cl)ccc2c1O/C(=C\c1cn(C)c3ccccc13)C2=O. The molecule has 1 aliphatic heterocycles. The van der Waals surface area contributed by atoms with Gasteiger partial charge in [-0.15, -0.1) is 11.6 Å². The van der Waals surface area contributed by atoms with E-state index in [4.69, 9.17) is 21.1 Å². The monoisotopic (exact) mass is 395 g/mol. The minimum absolute atomic E-state index is 0.199. The summed E-state index contributed by atoms with van der Waals surface area (Å²) in [6.45, 7) is 3.28. The van der Waals surface area contributed by atoms with Crippen molar-refractivity contribution in [3.8, 4) is 11.5 Å². The lowest BCUT2D eigenvalue weighted by molar-refractivity contribution is -0.133. The molecule has 28 heavy (non-hydrogen) atoms. The number of hydrogen-bond donors (Lipinski definition) is 0. The van der Waals surface area contributed by atoms with Gasteiger partial charge in [-0.3, -0.25) is 9.59 Å². The third kappa shape index (κ3) is 2.98. The number of carbonyl (C=O) groups excluding carboxylic acids is 2. The molecule has 0 radical (unpaired) electrons. The molecule has 1 atom stereocenters. The van der Waals surface area contributed by atoms with Crippen LogP contribution < -0.4 is 9.47 Å². The van der Waals surface area contributed by atoms with Crippen LogP contribution in [0.25, 0.3) is 17.0 Å². The van der Waals surface area contributed by atoms with Crippen LogP contribution in [0.2, 0.25) is 0 Å². The van der Waals surface area contributed by atoms with Crippen LogP contribution in [-0.4, -0.2) is 21.7 Å².